The van der Waals surface area contributed by atoms with Gasteiger partial charge in [0.25, 0.3) is 0 Å². The molecule has 0 unspecified atom stereocenters. The zero-order valence-electron chi connectivity index (χ0n) is 4.46. The first-order valence-corrected chi connectivity index (χ1v) is 4.10. The van der Waals surface area contributed by atoms with Crippen LogP contribution in [0.1, 0.15) is 10.0 Å². The molecule has 0 fully saturated rings. The van der Waals surface area contributed by atoms with Gasteiger partial charge >= 0.3 is 58.2 Å². The average Bonchev–Trinajstić information content (AvgIpc) is 2.33. The van der Waals surface area contributed by atoms with Crippen LogP contribution >= 0.6 is 0 Å². The third-order valence-corrected chi connectivity index (χ3v) is 2.61. The van der Waals surface area contributed by atoms with E-state index in [1.165, 1.54) is 0 Å². The molecule has 1 aromatic heterocycles. The van der Waals surface area contributed by atoms with E-state index in [1.807, 2.05) is 17.1 Å². The Morgan fingerprint density at radius 1 is 1.33 bits per heavy atom. The van der Waals surface area contributed by atoms with Crippen LogP contribution in [0.4, 0.5) is 0 Å². The SMILES string of the molecule is N#Cc1cc[se]c1C#N. The van der Waals surface area contributed by atoms with Crippen LogP contribution in [0.2, 0.25) is 0 Å². The minimum atomic E-state index is 0.125. The molecular weight excluding hydrogens is 179 g/mol. The predicted octanol–water partition coefficient (Wildman–Crippen LogP) is 0.487. The molecule has 0 atom stereocenters. The molecule has 9 heavy (non-hydrogen) atoms. The van der Waals surface area contributed by atoms with Gasteiger partial charge in [0.2, 0.25) is 0 Å². The standard InChI is InChI=1S/C6H2N2Se/c7-3-5-1-2-9-6(5)4-8/h1-2H. The van der Waals surface area contributed by atoms with Crippen molar-refractivity contribution in [3.8, 4) is 12.1 Å². The van der Waals surface area contributed by atoms with Crippen LogP contribution in [0.3, 0.4) is 0 Å². The van der Waals surface area contributed by atoms with E-state index in [4.69, 9.17) is 10.5 Å². The van der Waals surface area contributed by atoms with Crippen LogP contribution in [0.25, 0.3) is 0 Å². The van der Waals surface area contributed by atoms with Crippen molar-refractivity contribution >= 4 is 14.5 Å². The van der Waals surface area contributed by atoms with Gasteiger partial charge in [-0.05, 0) is 0 Å². The van der Waals surface area contributed by atoms with Crippen molar-refractivity contribution < 1.29 is 0 Å². The van der Waals surface area contributed by atoms with Gasteiger partial charge in [-0.25, -0.2) is 0 Å². The molecule has 0 aromatic carbocycles. The molecule has 1 heterocycles. The number of nitrogens with zero attached hydrogens (tertiary/aromatic N) is 2. The molecule has 0 spiro atoms. The summed E-state index contributed by atoms with van der Waals surface area (Å²) >= 11 is 0.125. The summed E-state index contributed by atoms with van der Waals surface area (Å²) < 4.78 is 0.644. The molecular formula is C6H2N2Se. The van der Waals surface area contributed by atoms with Crippen molar-refractivity contribution in [2.75, 3.05) is 0 Å². The monoisotopic (exact) mass is 182 g/mol. The van der Waals surface area contributed by atoms with Crippen LogP contribution in [-0.2, 0) is 0 Å². The van der Waals surface area contributed by atoms with E-state index in [1.54, 1.807) is 6.07 Å². The molecule has 42 valence electrons. The van der Waals surface area contributed by atoms with Crippen molar-refractivity contribution in [3.05, 3.63) is 21.0 Å². The van der Waals surface area contributed by atoms with Gasteiger partial charge in [0.15, 0.2) is 0 Å². The van der Waals surface area contributed by atoms with E-state index in [0.29, 0.717) is 10.0 Å². The summed E-state index contributed by atoms with van der Waals surface area (Å²) in [6.45, 7) is 0. The van der Waals surface area contributed by atoms with Crippen LogP contribution in [-0.4, -0.2) is 14.5 Å². The third kappa shape index (κ3) is 1.03. The number of rotatable bonds is 0. The first kappa shape index (κ1) is 6.10. The molecule has 0 bridgehead atoms. The number of nitriles is 2. The van der Waals surface area contributed by atoms with Crippen LogP contribution in [0, 0.1) is 22.7 Å². The Kier molecular flexibility index (Phi) is 1.70. The average molecular weight is 181 g/mol. The second-order valence-corrected chi connectivity index (χ2v) is 3.31. The van der Waals surface area contributed by atoms with Crippen molar-refractivity contribution in [2.24, 2.45) is 0 Å². The maximum atomic E-state index is 8.38. The normalized spacial score (nSPS) is 7.78. The molecule has 0 N–H and O–H groups in total. The zero-order chi connectivity index (χ0) is 6.69. The predicted molar refractivity (Wildman–Crippen MR) is 32.8 cm³/mol. The van der Waals surface area contributed by atoms with Gasteiger partial charge in [-0.3, -0.25) is 0 Å². The van der Waals surface area contributed by atoms with Crippen LogP contribution in [0.5, 0.6) is 0 Å². The molecule has 0 amide bonds. The van der Waals surface area contributed by atoms with E-state index in [-0.39, 0.29) is 14.5 Å². The Bertz CT molecular complexity index is 258. The Labute approximate surface area is 58.7 Å². The first-order chi connectivity index (χ1) is 4.38. The summed E-state index contributed by atoms with van der Waals surface area (Å²) in [5.41, 5.74) is 0.539. The van der Waals surface area contributed by atoms with Gasteiger partial charge in [0.05, 0.1) is 0 Å². The Balaban J connectivity index is 3.22. The van der Waals surface area contributed by atoms with E-state index in [0.717, 1.165) is 0 Å². The molecule has 1 rings (SSSR count). The third-order valence-electron chi connectivity index (χ3n) is 0.887. The van der Waals surface area contributed by atoms with Gasteiger partial charge in [-0.1, -0.05) is 0 Å². The molecule has 3 heteroatoms. The van der Waals surface area contributed by atoms with Gasteiger partial charge in [-0.15, -0.1) is 0 Å². The summed E-state index contributed by atoms with van der Waals surface area (Å²) in [7, 11) is 0. The molecule has 0 saturated carbocycles. The van der Waals surface area contributed by atoms with E-state index < -0.39 is 0 Å². The van der Waals surface area contributed by atoms with Crippen molar-refractivity contribution in [1.82, 2.24) is 0 Å². The fourth-order valence-corrected chi connectivity index (χ4v) is 1.81. The van der Waals surface area contributed by atoms with Gasteiger partial charge in [0, 0.05) is 0 Å². The summed E-state index contributed by atoms with van der Waals surface area (Å²) in [4.78, 5) is 1.88. The van der Waals surface area contributed by atoms with E-state index >= 15 is 0 Å². The number of hydrogen-bond donors (Lipinski definition) is 0. The molecule has 0 aliphatic heterocycles. The van der Waals surface area contributed by atoms with Crippen LogP contribution < -0.4 is 0 Å². The maximum absolute atomic E-state index is 8.38. The van der Waals surface area contributed by atoms with E-state index in [9.17, 15) is 0 Å². The van der Waals surface area contributed by atoms with Crippen molar-refractivity contribution in [3.63, 3.8) is 0 Å². The topological polar surface area (TPSA) is 47.6 Å². The first-order valence-electron chi connectivity index (χ1n) is 2.26. The molecule has 1 aromatic rings. The Morgan fingerprint density at radius 2 is 2.11 bits per heavy atom. The Morgan fingerprint density at radius 3 is 2.56 bits per heavy atom. The molecule has 0 aliphatic carbocycles. The molecule has 0 radical (unpaired) electrons. The minimum absolute atomic E-state index is 0.125. The van der Waals surface area contributed by atoms with Gasteiger partial charge in [-0.2, -0.15) is 0 Å². The van der Waals surface area contributed by atoms with Gasteiger partial charge < -0.3 is 0 Å². The van der Waals surface area contributed by atoms with Crippen molar-refractivity contribution in [1.29, 1.82) is 10.5 Å². The molecule has 0 saturated heterocycles. The summed E-state index contributed by atoms with van der Waals surface area (Å²) in [6, 6.07) is 5.65. The Hall–Kier alpha value is -1.02. The van der Waals surface area contributed by atoms with Crippen LogP contribution in [0.15, 0.2) is 11.0 Å². The summed E-state index contributed by atoms with van der Waals surface area (Å²) in [5, 5.41) is 16.8. The van der Waals surface area contributed by atoms with Crippen molar-refractivity contribution in [2.45, 2.75) is 0 Å². The molecule has 2 nitrogen and oxygen atoms in total. The fraction of sp³-hybridized carbons (Fsp3) is 0. The van der Waals surface area contributed by atoms with Gasteiger partial charge in [0.1, 0.15) is 0 Å². The zero-order valence-corrected chi connectivity index (χ0v) is 6.17. The van der Waals surface area contributed by atoms with E-state index in [2.05, 4.69) is 0 Å². The molecule has 0 aliphatic rings. The summed E-state index contributed by atoms with van der Waals surface area (Å²) in [5.74, 6) is 0. The number of hydrogen-bond acceptors (Lipinski definition) is 2. The second kappa shape index (κ2) is 2.51. The quantitative estimate of drug-likeness (QED) is 0.546. The summed E-state index contributed by atoms with van der Waals surface area (Å²) in [6.07, 6.45) is 0. The fourth-order valence-electron chi connectivity index (χ4n) is 0.484. The second-order valence-electron chi connectivity index (χ2n) is 1.39.